The van der Waals surface area contributed by atoms with Crippen molar-refractivity contribution in [3.63, 3.8) is 0 Å². The number of rotatable bonds is 20. The van der Waals surface area contributed by atoms with Crippen molar-refractivity contribution in [3.8, 4) is 0 Å². The summed E-state index contributed by atoms with van der Waals surface area (Å²) in [6.07, 6.45) is 9.58. The Labute approximate surface area is 554 Å². The van der Waals surface area contributed by atoms with Gasteiger partial charge in [0.25, 0.3) is 0 Å². The number of carbonyl (C=O) groups is 3. The van der Waals surface area contributed by atoms with E-state index in [0.717, 1.165) is 124 Å². The summed E-state index contributed by atoms with van der Waals surface area (Å²) in [6.45, 7) is 71.2. The number of carbonyl (C=O) groups excluding carboxylic acids is 3. The maximum absolute atomic E-state index is 12.2. The molecule has 88 heavy (non-hydrogen) atoms. The minimum Gasteiger partial charge on any atom is -0.465 e. The number of ether oxygens (including phenoxy) is 5. The molecule has 0 aromatic rings. The predicted molar refractivity (Wildman–Crippen MR) is 390 cm³/mol. The van der Waals surface area contributed by atoms with E-state index in [1.807, 2.05) is 27.7 Å². The third-order valence-electron chi connectivity index (χ3n) is 14.3. The topological polar surface area (TPSA) is 140 Å². The maximum atomic E-state index is 12.2. The highest BCUT2D eigenvalue weighted by Gasteiger charge is 2.32. The van der Waals surface area contributed by atoms with Crippen LogP contribution in [-0.4, -0.2) is 194 Å². The van der Waals surface area contributed by atoms with E-state index in [1.54, 1.807) is 13.8 Å². The Balaban J connectivity index is -0.000000124. The Morgan fingerprint density at radius 1 is 0.386 bits per heavy atom. The van der Waals surface area contributed by atoms with Crippen LogP contribution < -0.4 is 5.73 Å². The zero-order chi connectivity index (χ0) is 64.5. The summed E-state index contributed by atoms with van der Waals surface area (Å²) >= 11 is 0. The van der Waals surface area contributed by atoms with E-state index in [9.17, 15) is 14.4 Å². The van der Waals surface area contributed by atoms with E-state index in [1.165, 1.54) is 38.8 Å². The molecular formula is C74H166N6O8. The Bertz CT molecular complexity index is 1620. The quantitative estimate of drug-likeness (QED) is 0.0913. The molecule has 3 fully saturated rings. The molecule has 0 radical (unpaired) electrons. The van der Waals surface area contributed by atoms with Crippen molar-refractivity contribution < 1.29 is 38.1 Å². The second kappa shape index (κ2) is 50.6. The Morgan fingerprint density at radius 2 is 0.648 bits per heavy atom. The lowest BCUT2D eigenvalue weighted by molar-refractivity contribution is -0.156. The number of esters is 3. The van der Waals surface area contributed by atoms with Crippen LogP contribution in [-0.2, 0) is 38.1 Å². The molecule has 540 valence electrons. The number of piperazine rings is 1. The molecule has 14 nitrogen and oxygen atoms in total. The highest BCUT2D eigenvalue weighted by molar-refractivity contribution is 5.79. The third kappa shape index (κ3) is 70.0. The fourth-order valence-electron chi connectivity index (χ4n) is 7.53. The van der Waals surface area contributed by atoms with Gasteiger partial charge in [0.05, 0.1) is 57.1 Å². The van der Waals surface area contributed by atoms with Crippen LogP contribution in [0.5, 0.6) is 0 Å². The summed E-state index contributed by atoms with van der Waals surface area (Å²) < 4.78 is 26.6. The van der Waals surface area contributed by atoms with Crippen LogP contribution in [0.4, 0.5) is 0 Å². The summed E-state index contributed by atoms with van der Waals surface area (Å²) in [7, 11) is 6.39. The first kappa shape index (κ1) is 105. The van der Waals surface area contributed by atoms with Gasteiger partial charge in [0, 0.05) is 52.4 Å². The summed E-state index contributed by atoms with van der Waals surface area (Å²) in [5.41, 5.74) is 6.01. The van der Waals surface area contributed by atoms with Gasteiger partial charge in [0.1, 0.15) is 5.54 Å². The molecule has 0 aliphatic carbocycles. The van der Waals surface area contributed by atoms with Crippen molar-refractivity contribution in [2.45, 2.75) is 281 Å². The highest BCUT2D eigenvalue weighted by atomic mass is 16.5. The van der Waals surface area contributed by atoms with Gasteiger partial charge in [0.15, 0.2) is 0 Å². The van der Waals surface area contributed by atoms with E-state index in [4.69, 9.17) is 29.4 Å². The largest absolute Gasteiger partial charge is 0.465 e. The van der Waals surface area contributed by atoms with Crippen LogP contribution in [0.25, 0.3) is 0 Å². The normalized spacial score (nSPS) is 15.6. The van der Waals surface area contributed by atoms with E-state index >= 15 is 0 Å². The fourth-order valence-corrected chi connectivity index (χ4v) is 7.53. The molecule has 0 aromatic carbocycles. The number of hydrogen-bond acceptors (Lipinski definition) is 14. The first-order valence-electron chi connectivity index (χ1n) is 32.0. The molecule has 3 aliphatic heterocycles. The van der Waals surface area contributed by atoms with Gasteiger partial charge < -0.3 is 44.1 Å². The van der Waals surface area contributed by atoms with Crippen LogP contribution in [0.3, 0.4) is 0 Å². The van der Waals surface area contributed by atoms with E-state index in [-0.39, 0.29) is 84.1 Å². The average molecular weight is 1270 g/mol. The van der Waals surface area contributed by atoms with Crippen molar-refractivity contribution in [2.75, 3.05) is 146 Å². The Hall–Kier alpha value is -1.91. The van der Waals surface area contributed by atoms with Gasteiger partial charge in [-0.25, -0.2) is 0 Å². The number of morpholine rings is 2. The van der Waals surface area contributed by atoms with E-state index < -0.39 is 11.0 Å². The zero-order valence-electron chi connectivity index (χ0n) is 59.9. The molecule has 0 bridgehead atoms. The minimum atomic E-state index is -0.877. The Kier molecular flexibility index (Phi) is 60.3. The van der Waals surface area contributed by atoms with Crippen molar-refractivity contribution in [2.24, 2.45) is 49.1 Å². The lowest BCUT2D eigenvalue weighted by Gasteiger charge is -2.34. The maximum Gasteiger partial charge on any atom is 0.325 e. The lowest BCUT2D eigenvalue weighted by Crippen LogP contribution is -2.45. The van der Waals surface area contributed by atoms with E-state index in [0.29, 0.717) is 36.1 Å². The van der Waals surface area contributed by atoms with E-state index in [2.05, 4.69) is 177 Å². The Morgan fingerprint density at radius 3 is 0.875 bits per heavy atom. The van der Waals surface area contributed by atoms with Gasteiger partial charge >= 0.3 is 17.9 Å². The highest BCUT2D eigenvalue weighted by Crippen LogP contribution is 2.27. The summed E-state index contributed by atoms with van der Waals surface area (Å²) in [5, 5.41) is 0. The van der Waals surface area contributed by atoms with Gasteiger partial charge in [-0.3, -0.25) is 24.2 Å². The standard InChI is InChI=1S/C17H34N2O2.C16H31NO3.C10H21NO2.C10H21NO.C8H19N.C7H16.6CH4/c1-16(2,3)8-14-21-15(20)17(4,5)7-9-19-12-10-18(6)11-13-19;1-15(2,3)7-11-20-14(18)16(4,5)6-8-17-9-12-19-13-10-17;1-9(2,3)6-7-13-8(12)10(4,5)11;1-10(2,3)4-5-11-6-8-12-9-7-11;1-8(2,3)6-7-9(4)5;1-5-6-7(2,3)4;;;;;;/h7-14H2,1-6H3;6-13H2,1-5H3;6-7,11H2,1-5H3;4-9H2,1-3H3;6-7H2,1-5H3;5-6H2,1-4H3;6*1H4. The number of nitrogens with two attached hydrogens (primary N) is 1. The van der Waals surface area contributed by atoms with Crippen LogP contribution >= 0.6 is 0 Å². The summed E-state index contributed by atoms with van der Waals surface area (Å²) in [5.74, 6) is -0.465. The van der Waals surface area contributed by atoms with Crippen molar-refractivity contribution in [1.82, 2.24) is 24.5 Å². The molecule has 0 unspecified atom stereocenters. The zero-order valence-corrected chi connectivity index (χ0v) is 59.9. The molecule has 2 N–H and O–H groups in total. The summed E-state index contributed by atoms with van der Waals surface area (Å²) in [4.78, 5) is 47.5. The molecule has 0 atom stereocenters. The lowest BCUT2D eigenvalue weighted by atomic mass is 9.89. The molecule has 0 saturated carbocycles. The molecule has 3 saturated heterocycles. The first-order valence-corrected chi connectivity index (χ1v) is 32.0. The second-order valence-electron chi connectivity index (χ2n) is 33.1. The molecule has 3 rings (SSSR count). The van der Waals surface area contributed by atoms with Gasteiger partial charge in [-0.2, -0.15) is 0 Å². The van der Waals surface area contributed by atoms with Crippen molar-refractivity contribution in [3.05, 3.63) is 0 Å². The van der Waals surface area contributed by atoms with Gasteiger partial charge in [-0.05, 0) is 173 Å². The number of nitrogens with zero attached hydrogens (tertiary/aromatic N) is 5. The molecular weight excluding hydrogens is 1100 g/mol. The van der Waals surface area contributed by atoms with Crippen LogP contribution in [0.1, 0.15) is 275 Å². The van der Waals surface area contributed by atoms with Crippen LogP contribution in [0, 0.1) is 43.3 Å². The SMILES string of the molecule is C.C.C.C.C.C.CC(C)(C)CCN1CCOCC1.CC(C)(C)CCOC(=O)C(C)(C)CCN1CCOCC1.CC(C)(C)CCOC(=O)C(C)(C)N.CCCC(C)(C)C.CN(C)CCC(C)(C)C.CN1CCN(CCC(C)(C)C(=O)OCCC(C)(C)C)CC1. The predicted octanol–water partition coefficient (Wildman–Crippen LogP) is 17.4. The molecule has 0 spiro atoms. The van der Waals surface area contributed by atoms with Gasteiger partial charge in [0.2, 0.25) is 0 Å². The number of likely N-dealkylation sites (N-methyl/N-ethyl adjacent to an activating group) is 1. The molecule has 3 heterocycles. The first-order chi connectivity index (χ1) is 37.0. The third-order valence-corrected chi connectivity index (χ3v) is 14.3. The van der Waals surface area contributed by atoms with Crippen LogP contribution in [0.2, 0.25) is 0 Å². The van der Waals surface area contributed by atoms with Gasteiger partial charge in [-0.15, -0.1) is 0 Å². The second-order valence-corrected chi connectivity index (χ2v) is 33.1. The summed E-state index contributed by atoms with van der Waals surface area (Å²) in [6, 6.07) is 0. The minimum absolute atomic E-state index is 0. The molecule has 14 heteroatoms. The number of hydrogen-bond donors (Lipinski definition) is 1. The monoisotopic (exact) mass is 1270 g/mol. The fraction of sp³-hybridized carbons (Fsp3) is 0.959. The molecule has 0 aromatic heterocycles. The van der Waals surface area contributed by atoms with Gasteiger partial charge in [-0.1, -0.05) is 183 Å². The van der Waals surface area contributed by atoms with Crippen molar-refractivity contribution >= 4 is 17.9 Å². The smallest absolute Gasteiger partial charge is 0.325 e. The van der Waals surface area contributed by atoms with Crippen LogP contribution in [0.15, 0.2) is 0 Å². The molecule has 0 amide bonds. The molecule has 3 aliphatic rings. The van der Waals surface area contributed by atoms with Crippen molar-refractivity contribution in [1.29, 1.82) is 0 Å². The average Bonchev–Trinajstić information content (AvgIpc) is 3.31.